The lowest BCUT2D eigenvalue weighted by atomic mass is 9.92. The summed E-state index contributed by atoms with van der Waals surface area (Å²) in [6, 6.07) is 15.0. The second-order valence-electron chi connectivity index (χ2n) is 7.03. The Hall–Kier alpha value is -3.74. The molecular formula is C22H20N6O. The number of carbonyl (C=O) groups excluding carboxylic acids is 1. The van der Waals surface area contributed by atoms with Crippen molar-refractivity contribution >= 4 is 5.91 Å². The maximum atomic E-state index is 13.1. The van der Waals surface area contributed by atoms with E-state index in [2.05, 4.69) is 20.5 Å². The molecule has 0 saturated carbocycles. The molecule has 0 unspecified atom stereocenters. The second kappa shape index (κ2) is 7.35. The van der Waals surface area contributed by atoms with Crippen molar-refractivity contribution < 1.29 is 4.79 Å². The third-order valence-corrected chi connectivity index (χ3v) is 5.25. The van der Waals surface area contributed by atoms with E-state index < -0.39 is 0 Å². The lowest BCUT2D eigenvalue weighted by Crippen LogP contribution is -2.31. The summed E-state index contributed by atoms with van der Waals surface area (Å²) in [5.74, 6) is 0.685. The lowest BCUT2D eigenvalue weighted by molar-refractivity contribution is 0.0932. The third kappa shape index (κ3) is 3.20. The molecule has 0 aliphatic heterocycles. The molecule has 0 fully saturated rings. The predicted octanol–water partition coefficient (Wildman–Crippen LogP) is 3.26. The van der Waals surface area contributed by atoms with Crippen LogP contribution in [0, 0.1) is 0 Å². The van der Waals surface area contributed by atoms with Gasteiger partial charge in [0.2, 0.25) is 0 Å². The highest BCUT2D eigenvalue weighted by molar-refractivity contribution is 5.98. The zero-order chi connectivity index (χ0) is 19.6. The Kier molecular flexibility index (Phi) is 4.40. The van der Waals surface area contributed by atoms with Crippen LogP contribution in [0.15, 0.2) is 73.3 Å². The standard InChI is InChI=1S/C22H20N6O/c29-22(16-7-1-2-9-19(16)27-14-6-13-24-27)26-18-8-5-10-20-17(18)15-25-28(20)21-11-3-4-12-23-21/h1-4,6-7,9,11-15,18H,5,8,10H2,(H,26,29)/t18-/m0/s1. The fraction of sp³-hybridized carbons (Fsp3) is 0.182. The number of para-hydroxylation sites is 1. The van der Waals surface area contributed by atoms with E-state index in [9.17, 15) is 4.79 Å². The fourth-order valence-electron chi connectivity index (χ4n) is 3.90. The molecule has 1 aliphatic rings. The summed E-state index contributed by atoms with van der Waals surface area (Å²) >= 11 is 0. The van der Waals surface area contributed by atoms with E-state index in [4.69, 9.17) is 0 Å². The van der Waals surface area contributed by atoms with Crippen molar-refractivity contribution in [3.63, 3.8) is 0 Å². The van der Waals surface area contributed by atoms with Crippen LogP contribution in [-0.2, 0) is 6.42 Å². The number of rotatable bonds is 4. The molecule has 0 saturated heterocycles. The number of benzene rings is 1. The number of hydrogen-bond donors (Lipinski definition) is 1. The van der Waals surface area contributed by atoms with E-state index in [0.717, 1.165) is 42.0 Å². The summed E-state index contributed by atoms with van der Waals surface area (Å²) in [6.07, 6.45) is 9.94. The Balaban J connectivity index is 1.44. The van der Waals surface area contributed by atoms with E-state index >= 15 is 0 Å². The average Bonchev–Trinajstić information content (AvgIpc) is 3.45. The highest BCUT2D eigenvalue weighted by Crippen LogP contribution is 2.31. The topological polar surface area (TPSA) is 77.6 Å². The Morgan fingerprint density at radius 2 is 1.93 bits per heavy atom. The maximum Gasteiger partial charge on any atom is 0.253 e. The number of amides is 1. The summed E-state index contributed by atoms with van der Waals surface area (Å²) in [5.41, 5.74) is 3.53. The van der Waals surface area contributed by atoms with Gasteiger partial charge in [-0.05, 0) is 49.6 Å². The van der Waals surface area contributed by atoms with E-state index in [0.29, 0.717) is 5.56 Å². The van der Waals surface area contributed by atoms with Gasteiger partial charge in [-0.2, -0.15) is 10.2 Å². The molecule has 7 heteroatoms. The molecule has 1 aromatic carbocycles. The molecule has 0 spiro atoms. The number of hydrogen-bond acceptors (Lipinski definition) is 4. The zero-order valence-corrected chi connectivity index (χ0v) is 15.8. The van der Waals surface area contributed by atoms with Crippen LogP contribution in [0.3, 0.4) is 0 Å². The lowest BCUT2D eigenvalue weighted by Gasteiger charge is -2.24. The van der Waals surface area contributed by atoms with Crippen molar-refractivity contribution in [1.29, 1.82) is 0 Å². The number of aromatic nitrogens is 5. The molecule has 0 radical (unpaired) electrons. The quantitative estimate of drug-likeness (QED) is 0.586. The van der Waals surface area contributed by atoms with Gasteiger partial charge in [-0.25, -0.2) is 14.3 Å². The van der Waals surface area contributed by atoms with Crippen LogP contribution in [0.1, 0.15) is 40.5 Å². The number of pyridine rings is 1. The van der Waals surface area contributed by atoms with E-state index in [1.54, 1.807) is 17.1 Å². The van der Waals surface area contributed by atoms with Gasteiger partial charge in [0.25, 0.3) is 5.91 Å². The summed E-state index contributed by atoms with van der Waals surface area (Å²) in [4.78, 5) is 17.5. The number of nitrogens with zero attached hydrogens (tertiary/aromatic N) is 5. The predicted molar refractivity (Wildman–Crippen MR) is 108 cm³/mol. The molecule has 1 amide bonds. The average molecular weight is 384 g/mol. The molecule has 29 heavy (non-hydrogen) atoms. The minimum absolute atomic E-state index is 0.0746. The Morgan fingerprint density at radius 1 is 1.03 bits per heavy atom. The van der Waals surface area contributed by atoms with Gasteiger partial charge in [0.05, 0.1) is 29.2 Å². The van der Waals surface area contributed by atoms with Crippen LogP contribution in [0.4, 0.5) is 0 Å². The summed E-state index contributed by atoms with van der Waals surface area (Å²) < 4.78 is 3.59. The molecule has 144 valence electrons. The first-order chi connectivity index (χ1) is 14.3. The van der Waals surface area contributed by atoms with Crippen LogP contribution in [-0.4, -0.2) is 30.5 Å². The monoisotopic (exact) mass is 384 g/mol. The van der Waals surface area contributed by atoms with Gasteiger partial charge < -0.3 is 5.32 Å². The Bertz CT molecular complexity index is 1130. The van der Waals surface area contributed by atoms with Crippen molar-refractivity contribution in [3.05, 3.63) is 90.1 Å². The normalized spacial score (nSPS) is 15.7. The molecule has 4 aromatic rings. The van der Waals surface area contributed by atoms with Crippen molar-refractivity contribution in [2.75, 3.05) is 0 Å². The maximum absolute atomic E-state index is 13.1. The van der Waals surface area contributed by atoms with Gasteiger partial charge in [-0.15, -0.1) is 0 Å². The first-order valence-electron chi connectivity index (χ1n) is 9.69. The van der Waals surface area contributed by atoms with Crippen molar-refractivity contribution in [2.24, 2.45) is 0 Å². The van der Waals surface area contributed by atoms with Crippen LogP contribution in [0.25, 0.3) is 11.5 Å². The Labute approximate surface area is 168 Å². The van der Waals surface area contributed by atoms with Crippen LogP contribution in [0.2, 0.25) is 0 Å². The van der Waals surface area contributed by atoms with Crippen LogP contribution < -0.4 is 5.32 Å². The zero-order valence-electron chi connectivity index (χ0n) is 15.8. The second-order valence-corrected chi connectivity index (χ2v) is 7.03. The van der Waals surface area contributed by atoms with E-state index in [-0.39, 0.29) is 11.9 Å². The number of nitrogens with one attached hydrogen (secondary N) is 1. The van der Waals surface area contributed by atoms with E-state index in [1.165, 1.54) is 0 Å². The van der Waals surface area contributed by atoms with Crippen molar-refractivity contribution in [1.82, 2.24) is 29.9 Å². The van der Waals surface area contributed by atoms with Crippen molar-refractivity contribution in [2.45, 2.75) is 25.3 Å². The largest absolute Gasteiger partial charge is 0.345 e. The first-order valence-corrected chi connectivity index (χ1v) is 9.69. The molecule has 5 rings (SSSR count). The molecule has 3 aromatic heterocycles. The molecule has 1 N–H and O–H groups in total. The van der Waals surface area contributed by atoms with Gasteiger partial charge in [0.1, 0.15) is 0 Å². The minimum Gasteiger partial charge on any atom is -0.345 e. The molecule has 0 bridgehead atoms. The highest BCUT2D eigenvalue weighted by atomic mass is 16.1. The fourth-order valence-corrected chi connectivity index (χ4v) is 3.90. The summed E-state index contributed by atoms with van der Waals surface area (Å²) in [6.45, 7) is 0. The molecule has 3 heterocycles. The minimum atomic E-state index is -0.112. The smallest absolute Gasteiger partial charge is 0.253 e. The highest BCUT2D eigenvalue weighted by Gasteiger charge is 2.27. The van der Waals surface area contributed by atoms with Gasteiger partial charge in [-0.3, -0.25) is 4.79 Å². The Morgan fingerprint density at radius 3 is 2.76 bits per heavy atom. The van der Waals surface area contributed by atoms with Crippen molar-refractivity contribution in [3.8, 4) is 11.5 Å². The van der Waals surface area contributed by atoms with Gasteiger partial charge in [-0.1, -0.05) is 18.2 Å². The molecule has 1 aliphatic carbocycles. The molecule has 1 atom stereocenters. The molecule has 7 nitrogen and oxygen atoms in total. The van der Waals surface area contributed by atoms with Crippen LogP contribution in [0.5, 0.6) is 0 Å². The van der Waals surface area contributed by atoms with Gasteiger partial charge in [0, 0.05) is 24.2 Å². The first kappa shape index (κ1) is 17.4. The van der Waals surface area contributed by atoms with E-state index in [1.807, 2.05) is 65.6 Å². The summed E-state index contributed by atoms with van der Waals surface area (Å²) in [5, 5.41) is 12.0. The number of carbonyl (C=O) groups is 1. The SMILES string of the molecule is O=C(N[C@H]1CCCc2c1cnn2-c1ccccn1)c1ccccc1-n1cccn1. The van der Waals surface area contributed by atoms with Crippen LogP contribution >= 0.6 is 0 Å². The van der Waals surface area contributed by atoms with Gasteiger partial charge in [0.15, 0.2) is 5.82 Å². The van der Waals surface area contributed by atoms with Gasteiger partial charge >= 0.3 is 0 Å². The number of fused-ring (bicyclic) bond motifs is 1. The summed E-state index contributed by atoms with van der Waals surface area (Å²) in [7, 11) is 0. The third-order valence-electron chi connectivity index (χ3n) is 5.25. The molecular weight excluding hydrogens is 364 g/mol.